The number of benzene rings is 1. The van der Waals surface area contributed by atoms with Crippen LogP contribution >= 0.6 is 0 Å². The molecule has 1 amide bonds. The third kappa shape index (κ3) is 2.65. The Labute approximate surface area is 152 Å². The summed E-state index contributed by atoms with van der Waals surface area (Å²) in [6.07, 6.45) is 6.72. The monoisotopic (exact) mass is 350 g/mol. The third-order valence-electron chi connectivity index (χ3n) is 5.14. The molecule has 134 valence electrons. The molecule has 7 heteroatoms. The molecule has 2 aliphatic heterocycles. The van der Waals surface area contributed by atoms with Crippen LogP contribution in [0.1, 0.15) is 24.5 Å². The van der Waals surface area contributed by atoms with Crippen molar-refractivity contribution in [1.82, 2.24) is 20.4 Å². The van der Waals surface area contributed by atoms with Crippen LogP contribution in [0.2, 0.25) is 0 Å². The number of nitrogens with zero attached hydrogens (tertiary/aromatic N) is 3. The van der Waals surface area contributed by atoms with Gasteiger partial charge in [0.05, 0.1) is 12.4 Å². The van der Waals surface area contributed by atoms with Crippen molar-refractivity contribution in [2.24, 2.45) is 4.99 Å². The van der Waals surface area contributed by atoms with Crippen LogP contribution in [0.15, 0.2) is 53.7 Å². The van der Waals surface area contributed by atoms with Gasteiger partial charge in [-0.25, -0.2) is 0 Å². The molecule has 3 N–H and O–H groups in total. The van der Waals surface area contributed by atoms with Crippen molar-refractivity contribution in [2.45, 2.75) is 25.3 Å². The van der Waals surface area contributed by atoms with Gasteiger partial charge in [0.1, 0.15) is 11.4 Å². The Bertz CT molecular complexity index is 858. The molecule has 26 heavy (non-hydrogen) atoms. The maximum atomic E-state index is 13.2. The van der Waals surface area contributed by atoms with Crippen LogP contribution in [0, 0.1) is 0 Å². The summed E-state index contributed by atoms with van der Waals surface area (Å²) >= 11 is 0. The fraction of sp³-hybridized carbons (Fsp3) is 0.316. The molecule has 0 saturated carbocycles. The quantitative estimate of drug-likeness (QED) is 0.735. The zero-order chi connectivity index (χ0) is 18.1. The fourth-order valence-corrected chi connectivity index (χ4v) is 3.65. The lowest BCUT2D eigenvalue weighted by molar-refractivity contribution is -0.129. The largest absolute Gasteiger partial charge is 0.373 e. The summed E-state index contributed by atoms with van der Waals surface area (Å²) in [7, 11) is 1.81. The maximum Gasteiger partial charge on any atom is 0.254 e. The number of fused-ring (bicyclic) bond motifs is 1. The van der Waals surface area contributed by atoms with Crippen molar-refractivity contribution in [2.75, 3.05) is 18.9 Å². The van der Waals surface area contributed by atoms with Gasteiger partial charge in [0.25, 0.3) is 5.91 Å². The standard InChI is InChI=1S/C19H22N6O/c1-13(15-10-22-23-11-15)21-12-17(20-2)25-8-7-19(18(25)26)9-14-5-3-4-6-16(14)24-19/h3-6,10-12,20,24H,7-9H2,1-2H3,(H,22,23)/b17-12+,21-13?. The van der Waals surface area contributed by atoms with E-state index in [2.05, 4.69) is 31.9 Å². The van der Waals surface area contributed by atoms with Gasteiger partial charge in [0.2, 0.25) is 0 Å². The number of anilines is 1. The van der Waals surface area contributed by atoms with E-state index < -0.39 is 5.54 Å². The lowest BCUT2D eigenvalue weighted by Gasteiger charge is -2.25. The van der Waals surface area contributed by atoms with Crippen LogP contribution in [0.4, 0.5) is 5.69 Å². The van der Waals surface area contributed by atoms with Crippen molar-refractivity contribution in [3.8, 4) is 0 Å². The first kappa shape index (κ1) is 16.4. The number of H-pyrrole nitrogens is 1. The highest BCUT2D eigenvalue weighted by Crippen LogP contribution is 2.39. The van der Waals surface area contributed by atoms with Crippen molar-refractivity contribution < 1.29 is 4.79 Å². The highest BCUT2D eigenvalue weighted by molar-refractivity contribution is 5.98. The number of aromatic amines is 1. The van der Waals surface area contributed by atoms with Crippen LogP contribution in [0.5, 0.6) is 0 Å². The number of carbonyl (C=O) groups excluding carboxylic acids is 1. The zero-order valence-electron chi connectivity index (χ0n) is 14.9. The van der Waals surface area contributed by atoms with Crippen molar-refractivity contribution in [1.29, 1.82) is 0 Å². The second-order valence-corrected chi connectivity index (χ2v) is 6.71. The zero-order valence-corrected chi connectivity index (χ0v) is 14.9. The van der Waals surface area contributed by atoms with Crippen molar-refractivity contribution in [3.05, 3.63) is 59.8 Å². The summed E-state index contributed by atoms with van der Waals surface area (Å²) in [6, 6.07) is 8.13. The molecule has 1 spiro atoms. The van der Waals surface area contributed by atoms with Crippen LogP contribution in [-0.2, 0) is 11.2 Å². The Kier molecular flexibility index (Phi) is 3.99. The van der Waals surface area contributed by atoms with Gasteiger partial charge in [0, 0.05) is 43.2 Å². The predicted octanol–water partition coefficient (Wildman–Crippen LogP) is 1.88. The number of hydrogen-bond acceptors (Lipinski definition) is 5. The summed E-state index contributed by atoms with van der Waals surface area (Å²) in [4.78, 5) is 19.5. The van der Waals surface area contributed by atoms with Gasteiger partial charge >= 0.3 is 0 Å². The molecule has 0 radical (unpaired) electrons. The first-order chi connectivity index (χ1) is 12.6. The number of aliphatic imine (C=N–C) groups is 1. The molecular weight excluding hydrogens is 328 g/mol. The molecule has 1 fully saturated rings. The first-order valence-electron chi connectivity index (χ1n) is 8.72. The normalized spacial score (nSPS) is 22.7. The topological polar surface area (TPSA) is 85.4 Å². The van der Waals surface area contributed by atoms with Gasteiger partial charge in [-0.3, -0.25) is 19.8 Å². The Balaban J connectivity index is 1.56. The summed E-state index contributed by atoms with van der Waals surface area (Å²) < 4.78 is 0. The Morgan fingerprint density at radius 2 is 2.27 bits per heavy atom. The highest BCUT2D eigenvalue weighted by atomic mass is 16.2. The molecular formula is C19H22N6O. The summed E-state index contributed by atoms with van der Waals surface area (Å²) in [5.74, 6) is 0.790. The number of nitrogens with one attached hydrogen (secondary N) is 3. The Hall–Kier alpha value is -3.09. The molecule has 2 aliphatic rings. The molecule has 1 unspecified atom stereocenters. The number of aromatic nitrogens is 2. The van der Waals surface area contributed by atoms with E-state index in [9.17, 15) is 4.79 Å². The van der Waals surface area contributed by atoms with Crippen LogP contribution in [-0.4, -0.2) is 45.8 Å². The lowest BCUT2D eigenvalue weighted by Crippen LogP contribution is -2.46. The average Bonchev–Trinajstić information content (AvgIpc) is 3.37. The second-order valence-electron chi connectivity index (χ2n) is 6.71. The summed E-state index contributed by atoms with van der Waals surface area (Å²) in [6.45, 7) is 2.57. The maximum absolute atomic E-state index is 13.2. The van der Waals surface area contributed by atoms with Crippen molar-refractivity contribution >= 4 is 17.3 Å². The number of hydrogen-bond donors (Lipinski definition) is 3. The molecule has 2 aromatic rings. The molecule has 3 heterocycles. The molecule has 0 aliphatic carbocycles. The van der Waals surface area contributed by atoms with E-state index >= 15 is 0 Å². The third-order valence-corrected chi connectivity index (χ3v) is 5.14. The van der Waals surface area contributed by atoms with Crippen LogP contribution in [0.25, 0.3) is 0 Å². The van der Waals surface area contributed by atoms with Gasteiger partial charge in [-0.2, -0.15) is 5.10 Å². The highest BCUT2D eigenvalue weighted by Gasteiger charge is 2.50. The minimum absolute atomic E-state index is 0.0884. The van der Waals surface area contributed by atoms with Gasteiger partial charge in [-0.15, -0.1) is 0 Å². The predicted molar refractivity (Wildman–Crippen MR) is 101 cm³/mol. The van der Waals surface area contributed by atoms with Crippen LogP contribution in [0.3, 0.4) is 0 Å². The molecule has 0 bridgehead atoms. The number of likely N-dealkylation sites (tertiary alicyclic amines) is 1. The Morgan fingerprint density at radius 1 is 1.42 bits per heavy atom. The number of para-hydroxylation sites is 1. The molecule has 7 nitrogen and oxygen atoms in total. The molecule has 1 aromatic carbocycles. The van der Waals surface area contributed by atoms with E-state index in [1.165, 1.54) is 5.56 Å². The number of carbonyl (C=O) groups is 1. The average molecular weight is 350 g/mol. The molecule has 1 atom stereocenters. The van der Waals surface area contributed by atoms with E-state index in [0.717, 1.165) is 29.8 Å². The smallest absolute Gasteiger partial charge is 0.254 e. The van der Waals surface area contributed by atoms with E-state index in [4.69, 9.17) is 0 Å². The molecule has 1 aromatic heterocycles. The minimum Gasteiger partial charge on any atom is -0.373 e. The molecule has 4 rings (SSSR count). The molecule has 1 saturated heterocycles. The fourth-order valence-electron chi connectivity index (χ4n) is 3.65. The van der Waals surface area contributed by atoms with Gasteiger partial charge in [0.15, 0.2) is 0 Å². The Morgan fingerprint density at radius 3 is 3.00 bits per heavy atom. The van der Waals surface area contributed by atoms with Crippen LogP contribution < -0.4 is 10.6 Å². The first-order valence-corrected chi connectivity index (χ1v) is 8.72. The summed E-state index contributed by atoms with van der Waals surface area (Å²) in [5, 5.41) is 13.3. The number of amides is 1. The SMILES string of the molecule is CN/C(=C\N=C(C)c1cn[nH]c1)N1CCC2(Cc3ccccc3N2)C1=O. The second kappa shape index (κ2) is 6.33. The van der Waals surface area contributed by atoms with E-state index in [1.54, 1.807) is 23.5 Å². The summed E-state index contributed by atoms with van der Waals surface area (Å²) in [5.41, 5.74) is 3.48. The van der Waals surface area contributed by atoms with E-state index in [1.807, 2.05) is 32.2 Å². The van der Waals surface area contributed by atoms with Crippen molar-refractivity contribution in [3.63, 3.8) is 0 Å². The van der Waals surface area contributed by atoms with Gasteiger partial charge in [-0.1, -0.05) is 18.2 Å². The lowest BCUT2D eigenvalue weighted by atomic mass is 9.94. The number of rotatable bonds is 4. The van der Waals surface area contributed by atoms with E-state index in [0.29, 0.717) is 12.4 Å². The van der Waals surface area contributed by atoms with E-state index in [-0.39, 0.29) is 5.91 Å². The minimum atomic E-state index is -0.539. The van der Waals surface area contributed by atoms with Gasteiger partial charge in [-0.05, 0) is 25.0 Å². The van der Waals surface area contributed by atoms with Gasteiger partial charge < -0.3 is 10.6 Å².